The third kappa shape index (κ3) is 4.04. The van der Waals surface area contributed by atoms with Gasteiger partial charge in [-0.1, -0.05) is 19.8 Å². The molecule has 148 valence electrons. The van der Waals surface area contributed by atoms with Gasteiger partial charge in [0.1, 0.15) is 18.0 Å². The SMILES string of the molecule is Cc1ncccc1O[C@H]1CO[C@H]2[C@@H]1OC[C@@H]2NC(=O)NC1CCCCC1C. The molecule has 0 spiro atoms. The van der Waals surface area contributed by atoms with Crippen LogP contribution in [-0.2, 0) is 9.47 Å². The smallest absolute Gasteiger partial charge is 0.315 e. The number of hydrogen-bond acceptors (Lipinski definition) is 5. The van der Waals surface area contributed by atoms with Crippen molar-refractivity contribution in [2.45, 2.75) is 69.9 Å². The number of carbonyl (C=O) groups excluding carboxylic acids is 1. The molecular formula is C20H29N3O4. The summed E-state index contributed by atoms with van der Waals surface area (Å²) in [5, 5.41) is 6.18. The van der Waals surface area contributed by atoms with Gasteiger partial charge in [0.2, 0.25) is 0 Å². The zero-order valence-corrected chi connectivity index (χ0v) is 16.0. The lowest BCUT2D eigenvalue weighted by Gasteiger charge is -2.30. The van der Waals surface area contributed by atoms with Crippen molar-refractivity contribution in [2.75, 3.05) is 13.2 Å². The topological polar surface area (TPSA) is 81.7 Å². The largest absolute Gasteiger partial charge is 0.483 e. The molecule has 2 saturated heterocycles. The van der Waals surface area contributed by atoms with Crippen LogP contribution < -0.4 is 15.4 Å². The predicted molar refractivity (Wildman–Crippen MR) is 99.7 cm³/mol. The van der Waals surface area contributed by atoms with Crippen LogP contribution in [0.1, 0.15) is 38.3 Å². The van der Waals surface area contributed by atoms with E-state index in [0.717, 1.165) is 17.9 Å². The molecule has 1 aromatic heterocycles. The van der Waals surface area contributed by atoms with E-state index in [1.54, 1.807) is 6.20 Å². The van der Waals surface area contributed by atoms with Gasteiger partial charge in [0.25, 0.3) is 0 Å². The fraction of sp³-hybridized carbons (Fsp3) is 0.700. The molecule has 2 N–H and O–H groups in total. The summed E-state index contributed by atoms with van der Waals surface area (Å²) in [5.74, 6) is 1.27. The lowest BCUT2D eigenvalue weighted by Crippen LogP contribution is -2.52. The lowest BCUT2D eigenvalue weighted by molar-refractivity contribution is 0.0299. The summed E-state index contributed by atoms with van der Waals surface area (Å²) < 4.78 is 17.9. The average molecular weight is 375 g/mol. The van der Waals surface area contributed by atoms with Crippen LogP contribution in [0.3, 0.4) is 0 Å². The standard InChI is InChI=1S/C20H29N3O4/c1-12-6-3-4-7-14(12)22-20(24)23-15-10-25-19-17(11-26-18(15)19)27-16-8-5-9-21-13(16)2/h5,8-9,12,14-15,17-19H,3-4,6-7,10-11H2,1-2H3,(H2,22,23,24)/t12?,14?,15-,17-,18+,19+/m0/s1. The number of rotatable bonds is 4. The second-order valence-corrected chi connectivity index (χ2v) is 7.93. The molecule has 0 bridgehead atoms. The van der Waals surface area contributed by atoms with Gasteiger partial charge >= 0.3 is 6.03 Å². The van der Waals surface area contributed by atoms with E-state index in [-0.39, 0.29) is 36.4 Å². The Labute approximate surface area is 160 Å². The van der Waals surface area contributed by atoms with Crippen molar-refractivity contribution in [3.8, 4) is 5.75 Å². The first-order chi connectivity index (χ1) is 13.1. The van der Waals surface area contributed by atoms with Crippen LogP contribution in [0.5, 0.6) is 5.75 Å². The Morgan fingerprint density at radius 2 is 1.93 bits per heavy atom. The van der Waals surface area contributed by atoms with Crippen LogP contribution in [0, 0.1) is 12.8 Å². The van der Waals surface area contributed by atoms with Crippen LogP contribution in [0.4, 0.5) is 4.79 Å². The second kappa shape index (κ2) is 8.02. The van der Waals surface area contributed by atoms with E-state index in [4.69, 9.17) is 14.2 Å². The first-order valence-corrected chi connectivity index (χ1v) is 10.0. The van der Waals surface area contributed by atoms with Crippen molar-refractivity contribution in [1.82, 2.24) is 15.6 Å². The van der Waals surface area contributed by atoms with Gasteiger partial charge in [-0.2, -0.15) is 0 Å². The summed E-state index contributed by atoms with van der Waals surface area (Å²) in [4.78, 5) is 16.7. The summed E-state index contributed by atoms with van der Waals surface area (Å²) in [5.41, 5.74) is 0.842. The van der Waals surface area contributed by atoms with Crippen molar-refractivity contribution in [3.63, 3.8) is 0 Å². The molecule has 6 atom stereocenters. The first kappa shape index (κ1) is 18.5. The number of urea groups is 1. The number of pyridine rings is 1. The first-order valence-electron chi connectivity index (χ1n) is 10.0. The molecule has 27 heavy (non-hydrogen) atoms. The number of fused-ring (bicyclic) bond motifs is 1. The van der Waals surface area contributed by atoms with Crippen LogP contribution in [-0.4, -0.2) is 54.6 Å². The van der Waals surface area contributed by atoms with E-state index in [0.29, 0.717) is 19.1 Å². The van der Waals surface area contributed by atoms with Gasteiger partial charge in [-0.3, -0.25) is 4.98 Å². The Kier molecular flexibility index (Phi) is 5.50. The minimum absolute atomic E-state index is 0.126. The van der Waals surface area contributed by atoms with Crippen LogP contribution in [0.25, 0.3) is 0 Å². The number of hydrogen-bond donors (Lipinski definition) is 2. The Balaban J connectivity index is 1.31. The Hall–Kier alpha value is -1.86. The number of nitrogens with zero attached hydrogens (tertiary/aromatic N) is 1. The number of amides is 2. The molecule has 1 aromatic rings. The Bertz CT molecular complexity index is 670. The molecule has 3 fully saturated rings. The number of ether oxygens (including phenoxy) is 3. The van der Waals surface area contributed by atoms with Gasteiger partial charge < -0.3 is 24.8 Å². The van der Waals surface area contributed by atoms with Crippen molar-refractivity contribution in [1.29, 1.82) is 0 Å². The monoisotopic (exact) mass is 375 g/mol. The van der Waals surface area contributed by atoms with Crippen LogP contribution in [0.15, 0.2) is 18.3 Å². The summed E-state index contributed by atoms with van der Waals surface area (Å²) in [7, 11) is 0. The number of aromatic nitrogens is 1. The fourth-order valence-electron chi connectivity index (χ4n) is 4.36. The molecule has 2 unspecified atom stereocenters. The average Bonchev–Trinajstić information content (AvgIpc) is 3.23. The van der Waals surface area contributed by atoms with Gasteiger partial charge in [-0.15, -0.1) is 0 Å². The molecule has 4 rings (SSSR count). The number of nitrogens with one attached hydrogen (secondary N) is 2. The molecule has 1 aliphatic carbocycles. The summed E-state index contributed by atoms with van der Waals surface area (Å²) in [6.07, 6.45) is 5.87. The zero-order valence-electron chi connectivity index (χ0n) is 16.0. The van der Waals surface area contributed by atoms with Gasteiger partial charge in [-0.05, 0) is 37.8 Å². The van der Waals surface area contributed by atoms with Crippen molar-refractivity contribution in [2.24, 2.45) is 5.92 Å². The predicted octanol–water partition coefficient (Wildman–Crippen LogP) is 2.18. The minimum atomic E-state index is -0.189. The maximum Gasteiger partial charge on any atom is 0.315 e. The van der Waals surface area contributed by atoms with Crippen LogP contribution >= 0.6 is 0 Å². The summed E-state index contributed by atoms with van der Waals surface area (Å²) in [6, 6.07) is 3.73. The molecule has 7 heteroatoms. The quantitative estimate of drug-likeness (QED) is 0.843. The zero-order chi connectivity index (χ0) is 18.8. The molecule has 0 aromatic carbocycles. The molecule has 2 amide bonds. The van der Waals surface area contributed by atoms with Gasteiger partial charge in [0, 0.05) is 12.2 Å². The van der Waals surface area contributed by atoms with E-state index in [1.807, 2.05) is 19.1 Å². The maximum atomic E-state index is 12.4. The lowest BCUT2D eigenvalue weighted by atomic mass is 9.86. The third-order valence-electron chi connectivity index (χ3n) is 5.99. The van der Waals surface area contributed by atoms with Crippen molar-refractivity contribution >= 4 is 6.03 Å². The van der Waals surface area contributed by atoms with E-state index in [9.17, 15) is 4.79 Å². The van der Waals surface area contributed by atoms with E-state index < -0.39 is 0 Å². The van der Waals surface area contributed by atoms with E-state index in [1.165, 1.54) is 19.3 Å². The highest BCUT2D eigenvalue weighted by Crippen LogP contribution is 2.31. The highest BCUT2D eigenvalue weighted by molar-refractivity contribution is 5.74. The van der Waals surface area contributed by atoms with Gasteiger partial charge in [0.15, 0.2) is 6.10 Å². The molecule has 7 nitrogen and oxygen atoms in total. The third-order valence-corrected chi connectivity index (χ3v) is 5.99. The molecule has 1 saturated carbocycles. The fourth-order valence-corrected chi connectivity index (χ4v) is 4.36. The van der Waals surface area contributed by atoms with E-state index >= 15 is 0 Å². The van der Waals surface area contributed by atoms with Crippen molar-refractivity contribution < 1.29 is 19.0 Å². The van der Waals surface area contributed by atoms with Gasteiger partial charge in [-0.25, -0.2) is 4.79 Å². The highest BCUT2D eigenvalue weighted by Gasteiger charge is 2.49. The summed E-state index contributed by atoms with van der Waals surface area (Å²) in [6.45, 7) is 5.01. The summed E-state index contributed by atoms with van der Waals surface area (Å²) >= 11 is 0. The number of carbonyl (C=O) groups is 1. The molecule has 3 heterocycles. The normalized spacial score (nSPS) is 35.5. The van der Waals surface area contributed by atoms with E-state index in [2.05, 4.69) is 22.5 Å². The Morgan fingerprint density at radius 3 is 2.74 bits per heavy atom. The molecule has 3 aliphatic rings. The highest BCUT2D eigenvalue weighted by atomic mass is 16.6. The van der Waals surface area contributed by atoms with Crippen molar-refractivity contribution in [3.05, 3.63) is 24.0 Å². The molecule has 2 aliphatic heterocycles. The minimum Gasteiger partial charge on any atom is -0.483 e. The Morgan fingerprint density at radius 1 is 1.15 bits per heavy atom. The molecular weight excluding hydrogens is 346 g/mol. The second-order valence-electron chi connectivity index (χ2n) is 7.93. The van der Waals surface area contributed by atoms with Crippen LogP contribution in [0.2, 0.25) is 0 Å². The molecule has 0 radical (unpaired) electrons. The van der Waals surface area contributed by atoms with Gasteiger partial charge in [0.05, 0.1) is 24.9 Å². The maximum absolute atomic E-state index is 12.4. The number of aryl methyl sites for hydroxylation is 1.